The van der Waals surface area contributed by atoms with Crippen molar-refractivity contribution in [2.75, 3.05) is 11.4 Å². The Morgan fingerprint density at radius 3 is 2.33 bits per heavy atom. The van der Waals surface area contributed by atoms with Gasteiger partial charge in [-0.15, -0.1) is 0 Å². The molecule has 0 bridgehead atoms. The highest BCUT2D eigenvalue weighted by Crippen LogP contribution is 2.29. The fourth-order valence-corrected chi connectivity index (χ4v) is 4.23. The van der Waals surface area contributed by atoms with Crippen LogP contribution in [0.15, 0.2) is 77.7 Å². The Labute approximate surface area is 158 Å². The second-order valence-electron chi connectivity index (χ2n) is 6.13. The van der Waals surface area contributed by atoms with Crippen LogP contribution in [0.25, 0.3) is 0 Å². The van der Waals surface area contributed by atoms with E-state index in [1.165, 1.54) is 29.6 Å². The standard InChI is InChI=1S/C21H20FNO3S/c1-16-10-12-17(13-11-16)15-23(18-6-5-7-19(14-18)26-2)27(24,25)21-9-4-3-8-20(21)22/h3-14H,15H2,1-2H3. The Morgan fingerprint density at radius 1 is 0.963 bits per heavy atom. The summed E-state index contributed by atoms with van der Waals surface area (Å²) in [6.07, 6.45) is 0. The Bertz CT molecular complexity index is 1030. The van der Waals surface area contributed by atoms with Gasteiger partial charge in [-0.05, 0) is 36.8 Å². The summed E-state index contributed by atoms with van der Waals surface area (Å²) in [5, 5.41) is 0. The Morgan fingerprint density at radius 2 is 1.67 bits per heavy atom. The predicted octanol–water partition coefficient (Wildman–Crippen LogP) is 4.54. The first-order chi connectivity index (χ1) is 12.9. The summed E-state index contributed by atoms with van der Waals surface area (Å²) in [7, 11) is -2.61. The van der Waals surface area contributed by atoms with E-state index in [4.69, 9.17) is 4.74 Å². The van der Waals surface area contributed by atoms with Crippen LogP contribution in [0.4, 0.5) is 10.1 Å². The van der Waals surface area contributed by atoms with Crippen molar-refractivity contribution in [3.05, 3.63) is 89.7 Å². The first-order valence-corrected chi connectivity index (χ1v) is 9.82. The van der Waals surface area contributed by atoms with E-state index < -0.39 is 15.8 Å². The first-order valence-electron chi connectivity index (χ1n) is 8.38. The van der Waals surface area contributed by atoms with E-state index in [0.29, 0.717) is 11.4 Å². The van der Waals surface area contributed by atoms with Gasteiger partial charge in [0.2, 0.25) is 0 Å². The highest BCUT2D eigenvalue weighted by molar-refractivity contribution is 7.92. The molecule has 4 nitrogen and oxygen atoms in total. The van der Waals surface area contributed by atoms with Gasteiger partial charge >= 0.3 is 0 Å². The van der Waals surface area contributed by atoms with Gasteiger partial charge in [0.05, 0.1) is 19.3 Å². The number of methoxy groups -OCH3 is 1. The molecule has 0 aliphatic rings. The lowest BCUT2D eigenvalue weighted by molar-refractivity contribution is 0.415. The van der Waals surface area contributed by atoms with Crippen LogP contribution >= 0.6 is 0 Å². The normalized spacial score (nSPS) is 11.2. The van der Waals surface area contributed by atoms with Crippen molar-refractivity contribution in [2.45, 2.75) is 18.4 Å². The molecule has 0 atom stereocenters. The van der Waals surface area contributed by atoms with Crippen LogP contribution in [-0.4, -0.2) is 15.5 Å². The minimum Gasteiger partial charge on any atom is -0.497 e. The summed E-state index contributed by atoms with van der Waals surface area (Å²) in [6.45, 7) is 2.03. The van der Waals surface area contributed by atoms with E-state index in [1.807, 2.05) is 31.2 Å². The first kappa shape index (κ1) is 18.9. The maximum absolute atomic E-state index is 14.3. The van der Waals surface area contributed by atoms with Gasteiger partial charge in [-0.2, -0.15) is 0 Å². The summed E-state index contributed by atoms with van der Waals surface area (Å²) in [5.74, 6) is -0.264. The number of sulfonamides is 1. The highest BCUT2D eigenvalue weighted by Gasteiger charge is 2.28. The van der Waals surface area contributed by atoms with E-state index in [1.54, 1.807) is 24.3 Å². The van der Waals surface area contributed by atoms with E-state index >= 15 is 0 Å². The van der Waals surface area contributed by atoms with Gasteiger partial charge in [0.15, 0.2) is 0 Å². The number of aryl methyl sites for hydroxylation is 1. The van der Waals surface area contributed by atoms with Gasteiger partial charge in [0, 0.05) is 6.07 Å². The summed E-state index contributed by atoms with van der Waals surface area (Å²) < 4.78 is 47.2. The van der Waals surface area contributed by atoms with Gasteiger partial charge in [-0.3, -0.25) is 4.31 Å². The quantitative estimate of drug-likeness (QED) is 0.626. The monoisotopic (exact) mass is 385 g/mol. The summed E-state index contributed by atoms with van der Waals surface area (Å²) >= 11 is 0. The molecule has 0 aliphatic heterocycles. The molecule has 0 unspecified atom stereocenters. The zero-order chi connectivity index (χ0) is 19.4. The molecule has 3 rings (SSSR count). The topological polar surface area (TPSA) is 46.6 Å². The van der Waals surface area contributed by atoms with Crippen molar-refractivity contribution in [2.24, 2.45) is 0 Å². The van der Waals surface area contributed by atoms with Crippen LogP contribution in [0.5, 0.6) is 5.75 Å². The molecule has 0 spiro atoms. The molecule has 27 heavy (non-hydrogen) atoms. The lowest BCUT2D eigenvalue weighted by Crippen LogP contribution is -2.31. The summed E-state index contributed by atoms with van der Waals surface area (Å²) in [5.41, 5.74) is 2.27. The van der Waals surface area contributed by atoms with Crippen LogP contribution in [0, 0.1) is 12.7 Å². The number of hydrogen-bond acceptors (Lipinski definition) is 3. The molecule has 0 fully saturated rings. The van der Waals surface area contributed by atoms with Crippen molar-refractivity contribution in [3.8, 4) is 5.75 Å². The predicted molar refractivity (Wildman–Crippen MR) is 104 cm³/mol. The molecule has 3 aromatic rings. The average Bonchev–Trinajstić information content (AvgIpc) is 2.67. The molecule has 0 aliphatic carbocycles. The van der Waals surface area contributed by atoms with Crippen LogP contribution in [0.3, 0.4) is 0 Å². The third-order valence-electron chi connectivity index (χ3n) is 4.19. The van der Waals surface area contributed by atoms with Gasteiger partial charge in [0.25, 0.3) is 10.0 Å². The summed E-state index contributed by atoms with van der Waals surface area (Å²) in [6, 6.07) is 19.6. The van der Waals surface area contributed by atoms with Gasteiger partial charge in [-0.25, -0.2) is 12.8 Å². The van der Waals surface area contributed by atoms with E-state index in [9.17, 15) is 12.8 Å². The molecule has 0 heterocycles. The zero-order valence-corrected chi connectivity index (χ0v) is 15.9. The number of hydrogen-bond donors (Lipinski definition) is 0. The van der Waals surface area contributed by atoms with E-state index in [-0.39, 0.29) is 11.4 Å². The number of benzene rings is 3. The second-order valence-corrected chi connectivity index (χ2v) is 7.96. The Kier molecular flexibility index (Phi) is 5.46. The minimum absolute atomic E-state index is 0.0735. The molecular formula is C21H20FNO3S. The van der Waals surface area contributed by atoms with Crippen molar-refractivity contribution in [1.82, 2.24) is 0 Å². The molecule has 0 saturated heterocycles. The molecular weight excluding hydrogens is 365 g/mol. The number of halogens is 1. The number of nitrogens with zero attached hydrogens (tertiary/aromatic N) is 1. The molecule has 140 valence electrons. The molecule has 0 radical (unpaired) electrons. The van der Waals surface area contributed by atoms with Crippen molar-refractivity contribution < 1.29 is 17.5 Å². The molecule has 0 saturated carbocycles. The SMILES string of the molecule is COc1cccc(N(Cc2ccc(C)cc2)S(=O)(=O)c2ccccc2F)c1. The molecule has 0 aromatic heterocycles. The van der Waals surface area contributed by atoms with Crippen LogP contribution in [0.2, 0.25) is 0 Å². The maximum Gasteiger partial charge on any atom is 0.267 e. The Balaban J connectivity index is 2.11. The third-order valence-corrected chi connectivity index (χ3v) is 6.00. The smallest absolute Gasteiger partial charge is 0.267 e. The molecule has 6 heteroatoms. The summed E-state index contributed by atoms with van der Waals surface area (Å²) in [4.78, 5) is -0.361. The fraction of sp³-hybridized carbons (Fsp3) is 0.143. The van der Waals surface area contributed by atoms with Crippen molar-refractivity contribution in [1.29, 1.82) is 0 Å². The van der Waals surface area contributed by atoms with Crippen molar-refractivity contribution in [3.63, 3.8) is 0 Å². The number of anilines is 1. The molecule has 0 amide bonds. The fourth-order valence-electron chi connectivity index (χ4n) is 2.71. The van der Waals surface area contributed by atoms with Gasteiger partial charge in [-0.1, -0.05) is 48.0 Å². The van der Waals surface area contributed by atoms with Crippen LogP contribution < -0.4 is 9.04 Å². The second kappa shape index (κ2) is 7.80. The molecule has 3 aromatic carbocycles. The van der Waals surface area contributed by atoms with Crippen LogP contribution in [-0.2, 0) is 16.6 Å². The third kappa shape index (κ3) is 4.11. The Hall–Kier alpha value is -2.86. The van der Waals surface area contributed by atoms with Crippen LogP contribution in [0.1, 0.15) is 11.1 Å². The lowest BCUT2D eigenvalue weighted by Gasteiger charge is -2.25. The average molecular weight is 385 g/mol. The maximum atomic E-state index is 14.3. The minimum atomic E-state index is -4.12. The van der Waals surface area contributed by atoms with Gasteiger partial charge in [0.1, 0.15) is 16.5 Å². The number of ether oxygens (including phenoxy) is 1. The lowest BCUT2D eigenvalue weighted by atomic mass is 10.1. The van der Waals surface area contributed by atoms with Crippen molar-refractivity contribution >= 4 is 15.7 Å². The molecule has 0 N–H and O–H groups in total. The zero-order valence-electron chi connectivity index (χ0n) is 15.1. The largest absolute Gasteiger partial charge is 0.497 e. The van der Waals surface area contributed by atoms with Gasteiger partial charge < -0.3 is 4.74 Å². The number of rotatable bonds is 6. The van der Waals surface area contributed by atoms with E-state index in [2.05, 4.69) is 0 Å². The van der Waals surface area contributed by atoms with E-state index in [0.717, 1.165) is 17.2 Å². The highest BCUT2D eigenvalue weighted by atomic mass is 32.2.